The first-order valence-corrected chi connectivity index (χ1v) is 4.38. The molecule has 0 bridgehead atoms. The lowest BCUT2D eigenvalue weighted by Gasteiger charge is -1.94. The van der Waals surface area contributed by atoms with Crippen LogP contribution in [0.25, 0.3) is 0 Å². The highest BCUT2D eigenvalue weighted by Gasteiger charge is 1.97. The molecular formula is C9H7NOS. The van der Waals surface area contributed by atoms with Crippen LogP contribution in [0.3, 0.4) is 0 Å². The van der Waals surface area contributed by atoms with Crippen LogP contribution in [0.15, 0.2) is 57.3 Å². The molecule has 0 atom stereocenters. The summed E-state index contributed by atoms with van der Waals surface area (Å²) in [6.07, 6.45) is 3.14. The van der Waals surface area contributed by atoms with Crippen LogP contribution < -0.4 is 0 Å². The van der Waals surface area contributed by atoms with Gasteiger partial charge in [-0.05, 0) is 12.1 Å². The zero-order valence-electron chi connectivity index (χ0n) is 6.31. The second kappa shape index (κ2) is 3.45. The van der Waals surface area contributed by atoms with Crippen LogP contribution in [0, 0.1) is 0 Å². The molecular weight excluding hydrogens is 170 g/mol. The molecule has 1 aromatic heterocycles. The Morgan fingerprint density at radius 3 is 2.67 bits per heavy atom. The summed E-state index contributed by atoms with van der Waals surface area (Å²) in [7, 11) is 0. The maximum absolute atomic E-state index is 5.09. The molecule has 12 heavy (non-hydrogen) atoms. The molecule has 0 aliphatic heterocycles. The lowest BCUT2D eigenvalue weighted by atomic mass is 10.4. The van der Waals surface area contributed by atoms with Gasteiger partial charge >= 0.3 is 0 Å². The van der Waals surface area contributed by atoms with Gasteiger partial charge in [-0.2, -0.15) is 0 Å². The topological polar surface area (TPSA) is 26.0 Å². The van der Waals surface area contributed by atoms with Crippen LogP contribution in [0.2, 0.25) is 0 Å². The van der Waals surface area contributed by atoms with E-state index in [1.165, 1.54) is 6.39 Å². The molecule has 0 N–H and O–H groups in total. The lowest BCUT2D eigenvalue weighted by molar-refractivity contribution is 0.470. The number of nitrogens with zero attached hydrogens (tertiary/aromatic N) is 1. The fraction of sp³-hybridized carbons (Fsp3) is 0. The molecule has 0 radical (unpaired) electrons. The number of hydrogen-bond acceptors (Lipinski definition) is 3. The molecule has 1 aromatic carbocycles. The minimum atomic E-state index is 0.821. The molecule has 2 rings (SSSR count). The van der Waals surface area contributed by atoms with Crippen molar-refractivity contribution in [2.24, 2.45) is 0 Å². The van der Waals surface area contributed by atoms with Crippen molar-refractivity contribution in [3.05, 3.63) is 42.9 Å². The molecule has 0 spiro atoms. The molecule has 0 aliphatic rings. The van der Waals surface area contributed by atoms with Crippen molar-refractivity contribution in [2.45, 2.75) is 9.99 Å². The van der Waals surface area contributed by atoms with Crippen molar-refractivity contribution in [2.75, 3.05) is 0 Å². The monoisotopic (exact) mass is 177 g/mol. The Kier molecular flexibility index (Phi) is 2.14. The zero-order valence-corrected chi connectivity index (χ0v) is 7.12. The Morgan fingerprint density at radius 1 is 1.17 bits per heavy atom. The molecule has 1 heterocycles. The Hall–Kier alpha value is -1.22. The van der Waals surface area contributed by atoms with Gasteiger partial charge in [0.15, 0.2) is 11.5 Å². The summed E-state index contributed by atoms with van der Waals surface area (Å²) in [6.45, 7) is 0. The Balaban J connectivity index is 2.15. The van der Waals surface area contributed by atoms with E-state index in [-0.39, 0.29) is 0 Å². The third-order valence-corrected chi connectivity index (χ3v) is 2.28. The third kappa shape index (κ3) is 1.68. The smallest absolute Gasteiger partial charge is 0.185 e. The Labute approximate surface area is 74.6 Å². The average molecular weight is 177 g/mol. The van der Waals surface area contributed by atoms with Gasteiger partial charge in [0.2, 0.25) is 0 Å². The van der Waals surface area contributed by atoms with E-state index >= 15 is 0 Å². The van der Waals surface area contributed by atoms with Gasteiger partial charge in [-0.15, -0.1) is 0 Å². The maximum atomic E-state index is 5.09. The SMILES string of the molecule is c1ccc(Sc2cnco2)cc1. The summed E-state index contributed by atoms with van der Waals surface area (Å²) < 4.78 is 5.09. The Bertz CT molecular complexity index is 331. The maximum Gasteiger partial charge on any atom is 0.185 e. The van der Waals surface area contributed by atoms with Crippen LogP contribution in [0.4, 0.5) is 0 Å². The number of rotatable bonds is 2. The Morgan fingerprint density at radius 2 is 2.00 bits per heavy atom. The number of hydrogen-bond donors (Lipinski definition) is 0. The molecule has 3 heteroatoms. The minimum Gasteiger partial charge on any atom is -0.437 e. The fourth-order valence-electron chi connectivity index (χ4n) is 0.859. The van der Waals surface area contributed by atoms with Gasteiger partial charge in [-0.1, -0.05) is 30.0 Å². The summed E-state index contributed by atoms with van der Waals surface area (Å²) in [5.74, 6) is 0. The fourth-order valence-corrected chi connectivity index (χ4v) is 1.59. The normalized spacial score (nSPS) is 10.0. The summed E-state index contributed by atoms with van der Waals surface area (Å²) >= 11 is 1.57. The predicted molar refractivity (Wildman–Crippen MR) is 47.1 cm³/mol. The van der Waals surface area contributed by atoms with Gasteiger partial charge in [0.1, 0.15) is 0 Å². The minimum absolute atomic E-state index is 0.821. The van der Waals surface area contributed by atoms with Gasteiger partial charge in [0.25, 0.3) is 0 Å². The van der Waals surface area contributed by atoms with E-state index in [0.29, 0.717) is 0 Å². The van der Waals surface area contributed by atoms with Gasteiger partial charge in [-0.25, -0.2) is 4.98 Å². The number of aromatic nitrogens is 1. The first kappa shape index (κ1) is 7.43. The van der Waals surface area contributed by atoms with Crippen molar-refractivity contribution in [3.63, 3.8) is 0 Å². The van der Waals surface area contributed by atoms with Crippen LogP contribution >= 0.6 is 11.8 Å². The van der Waals surface area contributed by atoms with E-state index < -0.39 is 0 Å². The summed E-state index contributed by atoms with van der Waals surface area (Å²) in [5.41, 5.74) is 0. The first-order valence-electron chi connectivity index (χ1n) is 3.56. The quantitative estimate of drug-likeness (QED) is 0.705. The van der Waals surface area contributed by atoms with Gasteiger partial charge in [0.05, 0.1) is 6.20 Å². The highest BCUT2D eigenvalue weighted by Crippen LogP contribution is 2.26. The number of benzene rings is 1. The second-order valence-electron chi connectivity index (χ2n) is 2.24. The van der Waals surface area contributed by atoms with E-state index in [2.05, 4.69) is 4.98 Å². The molecule has 60 valence electrons. The summed E-state index contributed by atoms with van der Waals surface area (Å²) in [6, 6.07) is 10.1. The third-order valence-electron chi connectivity index (χ3n) is 1.37. The summed E-state index contributed by atoms with van der Waals surface area (Å²) in [4.78, 5) is 4.99. The largest absolute Gasteiger partial charge is 0.437 e. The molecule has 0 amide bonds. The van der Waals surface area contributed by atoms with E-state index in [1.54, 1.807) is 18.0 Å². The van der Waals surface area contributed by atoms with Gasteiger partial charge in [0, 0.05) is 4.90 Å². The van der Waals surface area contributed by atoms with Crippen LogP contribution in [0.1, 0.15) is 0 Å². The van der Waals surface area contributed by atoms with Gasteiger partial charge < -0.3 is 4.42 Å². The van der Waals surface area contributed by atoms with Crippen molar-refractivity contribution in [1.29, 1.82) is 0 Å². The van der Waals surface area contributed by atoms with E-state index in [0.717, 1.165) is 9.99 Å². The van der Waals surface area contributed by atoms with Crippen molar-refractivity contribution in [3.8, 4) is 0 Å². The standard InChI is InChI=1S/C9H7NOS/c1-2-4-8(5-3-1)12-9-6-10-7-11-9/h1-7H. The molecule has 2 nitrogen and oxygen atoms in total. The molecule has 0 saturated heterocycles. The first-order chi connectivity index (χ1) is 5.95. The molecule has 0 aliphatic carbocycles. The van der Waals surface area contributed by atoms with E-state index in [4.69, 9.17) is 4.42 Å². The lowest BCUT2D eigenvalue weighted by Crippen LogP contribution is -1.67. The van der Waals surface area contributed by atoms with Crippen molar-refractivity contribution < 1.29 is 4.42 Å². The summed E-state index contributed by atoms with van der Waals surface area (Å²) in [5, 5.41) is 0.821. The van der Waals surface area contributed by atoms with Crippen LogP contribution in [0.5, 0.6) is 0 Å². The predicted octanol–water partition coefficient (Wildman–Crippen LogP) is 2.83. The highest BCUT2D eigenvalue weighted by molar-refractivity contribution is 7.99. The van der Waals surface area contributed by atoms with Crippen LogP contribution in [-0.2, 0) is 0 Å². The molecule has 0 unspecified atom stereocenters. The van der Waals surface area contributed by atoms with Gasteiger partial charge in [-0.3, -0.25) is 0 Å². The van der Waals surface area contributed by atoms with Crippen molar-refractivity contribution in [1.82, 2.24) is 4.98 Å². The van der Waals surface area contributed by atoms with E-state index in [9.17, 15) is 0 Å². The molecule has 2 aromatic rings. The highest BCUT2D eigenvalue weighted by atomic mass is 32.2. The van der Waals surface area contributed by atoms with E-state index in [1.807, 2.05) is 30.3 Å². The number of oxazole rings is 1. The molecule has 0 fully saturated rings. The zero-order chi connectivity index (χ0) is 8.23. The average Bonchev–Trinajstić information content (AvgIpc) is 2.59. The second-order valence-corrected chi connectivity index (χ2v) is 3.31. The molecule has 0 saturated carbocycles. The van der Waals surface area contributed by atoms with Crippen molar-refractivity contribution >= 4 is 11.8 Å². The van der Waals surface area contributed by atoms with Crippen LogP contribution in [-0.4, -0.2) is 4.98 Å².